The van der Waals surface area contributed by atoms with Crippen LogP contribution in [0.3, 0.4) is 0 Å². The molecule has 0 aliphatic rings. The smallest absolute Gasteiger partial charge is 0.311 e. The molecular formula is C14H19NO4. The lowest BCUT2D eigenvalue weighted by Gasteiger charge is -2.08. The molecule has 0 bridgehead atoms. The van der Waals surface area contributed by atoms with Gasteiger partial charge in [0.2, 0.25) is 0 Å². The van der Waals surface area contributed by atoms with Gasteiger partial charge in [-0.1, -0.05) is 6.92 Å². The van der Waals surface area contributed by atoms with E-state index >= 15 is 0 Å². The van der Waals surface area contributed by atoms with Crippen molar-refractivity contribution in [3.8, 4) is 5.75 Å². The second-order valence-electron chi connectivity index (χ2n) is 4.33. The van der Waals surface area contributed by atoms with Crippen molar-refractivity contribution >= 4 is 17.6 Å². The van der Waals surface area contributed by atoms with Gasteiger partial charge in [0.15, 0.2) is 0 Å². The standard InChI is InChI=1S/C14H19NO4/c1-2-4-14(18)19-11-7-8-12(15)10(9-11)5-3-6-13(16)17/h7-9H,2-6,15H2,1H3,(H,16,17). The second kappa shape index (κ2) is 7.41. The van der Waals surface area contributed by atoms with Crippen LogP contribution in [-0.4, -0.2) is 17.0 Å². The third-order valence-corrected chi connectivity index (χ3v) is 2.64. The van der Waals surface area contributed by atoms with E-state index < -0.39 is 5.97 Å². The average Bonchev–Trinajstić information content (AvgIpc) is 2.33. The molecule has 5 heteroatoms. The van der Waals surface area contributed by atoms with E-state index in [4.69, 9.17) is 15.6 Å². The maximum atomic E-state index is 11.4. The summed E-state index contributed by atoms with van der Waals surface area (Å²) < 4.78 is 5.17. The number of carbonyl (C=O) groups is 2. The lowest BCUT2D eigenvalue weighted by atomic mass is 10.1. The maximum absolute atomic E-state index is 11.4. The summed E-state index contributed by atoms with van der Waals surface area (Å²) in [6.07, 6.45) is 2.26. The van der Waals surface area contributed by atoms with E-state index in [2.05, 4.69) is 0 Å². The first-order valence-corrected chi connectivity index (χ1v) is 6.33. The van der Waals surface area contributed by atoms with Crippen molar-refractivity contribution in [2.45, 2.75) is 39.0 Å². The van der Waals surface area contributed by atoms with Crippen LogP contribution in [-0.2, 0) is 16.0 Å². The quantitative estimate of drug-likeness (QED) is 0.449. The van der Waals surface area contributed by atoms with Crippen molar-refractivity contribution in [1.82, 2.24) is 0 Å². The number of hydrogen-bond acceptors (Lipinski definition) is 4. The fourth-order valence-corrected chi connectivity index (χ4v) is 1.68. The molecule has 104 valence electrons. The highest BCUT2D eigenvalue weighted by Crippen LogP contribution is 2.22. The number of carboxylic acids is 1. The van der Waals surface area contributed by atoms with Gasteiger partial charge in [0, 0.05) is 18.5 Å². The van der Waals surface area contributed by atoms with E-state index in [1.54, 1.807) is 18.2 Å². The molecule has 3 N–H and O–H groups in total. The minimum absolute atomic E-state index is 0.0965. The van der Waals surface area contributed by atoms with Gasteiger partial charge in [0.25, 0.3) is 0 Å². The van der Waals surface area contributed by atoms with Gasteiger partial charge in [-0.15, -0.1) is 0 Å². The number of aryl methyl sites for hydroxylation is 1. The van der Waals surface area contributed by atoms with E-state index in [1.165, 1.54) is 0 Å². The van der Waals surface area contributed by atoms with Gasteiger partial charge in [-0.25, -0.2) is 0 Å². The minimum Gasteiger partial charge on any atom is -0.481 e. The molecule has 0 fully saturated rings. The van der Waals surface area contributed by atoms with Crippen LogP contribution in [0, 0.1) is 0 Å². The maximum Gasteiger partial charge on any atom is 0.311 e. The normalized spacial score (nSPS) is 10.2. The Balaban J connectivity index is 2.65. The number of esters is 1. The molecule has 0 aromatic heterocycles. The molecule has 0 amide bonds. The molecule has 1 aromatic carbocycles. The highest BCUT2D eigenvalue weighted by atomic mass is 16.5. The summed E-state index contributed by atoms with van der Waals surface area (Å²) in [5, 5.41) is 8.59. The first-order valence-electron chi connectivity index (χ1n) is 6.33. The number of nitrogen functional groups attached to an aromatic ring is 1. The van der Waals surface area contributed by atoms with Crippen LogP contribution in [0.25, 0.3) is 0 Å². The zero-order valence-electron chi connectivity index (χ0n) is 11.0. The number of rotatable bonds is 7. The molecule has 0 unspecified atom stereocenters. The Labute approximate surface area is 112 Å². The molecule has 1 aromatic rings. The van der Waals surface area contributed by atoms with Crippen molar-refractivity contribution in [2.24, 2.45) is 0 Å². The zero-order valence-corrected chi connectivity index (χ0v) is 11.0. The molecule has 1 rings (SSSR count). The van der Waals surface area contributed by atoms with Gasteiger partial charge >= 0.3 is 11.9 Å². The van der Waals surface area contributed by atoms with Crippen LogP contribution in [0.1, 0.15) is 38.2 Å². The predicted octanol–water partition coefficient (Wildman–Crippen LogP) is 2.38. The summed E-state index contributed by atoms with van der Waals surface area (Å²) in [4.78, 5) is 21.8. The van der Waals surface area contributed by atoms with E-state index in [-0.39, 0.29) is 12.4 Å². The molecule has 0 heterocycles. The summed E-state index contributed by atoms with van der Waals surface area (Å²) in [6.45, 7) is 1.90. The first-order chi connectivity index (χ1) is 9.02. The van der Waals surface area contributed by atoms with Crippen molar-refractivity contribution in [3.05, 3.63) is 23.8 Å². The lowest BCUT2D eigenvalue weighted by molar-refractivity contribution is -0.137. The molecular weight excluding hydrogens is 246 g/mol. The molecule has 0 saturated heterocycles. The highest BCUT2D eigenvalue weighted by Gasteiger charge is 2.07. The molecule has 0 saturated carbocycles. The Morgan fingerprint density at radius 3 is 2.68 bits per heavy atom. The summed E-state index contributed by atoms with van der Waals surface area (Å²) in [7, 11) is 0. The van der Waals surface area contributed by atoms with Crippen molar-refractivity contribution in [1.29, 1.82) is 0 Å². The Morgan fingerprint density at radius 1 is 1.32 bits per heavy atom. The van der Waals surface area contributed by atoms with Gasteiger partial charge in [-0.2, -0.15) is 0 Å². The second-order valence-corrected chi connectivity index (χ2v) is 4.33. The van der Waals surface area contributed by atoms with Crippen LogP contribution in [0.2, 0.25) is 0 Å². The molecule has 19 heavy (non-hydrogen) atoms. The van der Waals surface area contributed by atoms with E-state index in [0.29, 0.717) is 30.7 Å². The fraction of sp³-hybridized carbons (Fsp3) is 0.429. The van der Waals surface area contributed by atoms with Crippen LogP contribution in [0.4, 0.5) is 5.69 Å². The van der Waals surface area contributed by atoms with Gasteiger partial charge < -0.3 is 15.6 Å². The monoisotopic (exact) mass is 265 g/mol. The SMILES string of the molecule is CCCC(=O)Oc1ccc(N)c(CCCC(=O)O)c1. The van der Waals surface area contributed by atoms with E-state index in [1.807, 2.05) is 6.92 Å². The van der Waals surface area contributed by atoms with E-state index in [9.17, 15) is 9.59 Å². The van der Waals surface area contributed by atoms with Crippen LogP contribution in [0.15, 0.2) is 18.2 Å². The van der Waals surface area contributed by atoms with Crippen molar-refractivity contribution in [3.63, 3.8) is 0 Å². The Morgan fingerprint density at radius 2 is 2.05 bits per heavy atom. The summed E-state index contributed by atoms with van der Waals surface area (Å²) >= 11 is 0. The number of carboxylic acid groups (broad SMARTS) is 1. The lowest BCUT2D eigenvalue weighted by Crippen LogP contribution is -2.07. The summed E-state index contributed by atoms with van der Waals surface area (Å²) in [5.41, 5.74) is 7.20. The van der Waals surface area contributed by atoms with Crippen molar-refractivity contribution < 1.29 is 19.4 Å². The van der Waals surface area contributed by atoms with E-state index in [0.717, 1.165) is 12.0 Å². The number of hydrogen-bond donors (Lipinski definition) is 2. The zero-order chi connectivity index (χ0) is 14.3. The van der Waals surface area contributed by atoms with Crippen LogP contribution in [0.5, 0.6) is 5.75 Å². The highest BCUT2D eigenvalue weighted by molar-refractivity contribution is 5.72. The molecule has 0 atom stereocenters. The number of benzene rings is 1. The predicted molar refractivity (Wildman–Crippen MR) is 72.0 cm³/mol. The van der Waals surface area contributed by atoms with Gasteiger partial charge in [0.05, 0.1) is 0 Å². The van der Waals surface area contributed by atoms with Crippen LogP contribution < -0.4 is 10.5 Å². The molecule has 0 aliphatic carbocycles. The average molecular weight is 265 g/mol. The molecule has 0 aliphatic heterocycles. The molecule has 0 spiro atoms. The van der Waals surface area contributed by atoms with Crippen molar-refractivity contribution in [2.75, 3.05) is 5.73 Å². The topological polar surface area (TPSA) is 89.6 Å². The molecule has 5 nitrogen and oxygen atoms in total. The largest absolute Gasteiger partial charge is 0.481 e. The number of nitrogens with two attached hydrogens (primary N) is 1. The first kappa shape index (κ1) is 15.0. The number of carbonyl (C=O) groups excluding carboxylic acids is 1. The number of anilines is 1. The fourth-order valence-electron chi connectivity index (χ4n) is 1.68. The number of ether oxygens (including phenoxy) is 1. The summed E-state index contributed by atoms with van der Waals surface area (Å²) in [5.74, 6) is -0.647. The number of aliphatic carboxylic acids is 1. The minimum atomic E-state index is -0.830. The Hall–Kier alpha value is -2.04. The Bertz CT molecular complexity index is 457. The van der Waals surface area contributed by atoms with Gasteiger partial charge in [-0.3, -0.25) is 9.59 Å². The van der Waals surface area contributed by atoms with Gasteiger partial charge in [0.1, 0.15) is 5.75 Å². The molecule has 0 radical (unpaired) electrons. The Kier molecular flexibility index (Phi) is 5.85. The summed E-state index contributed by atoms with van der Waals surface area (Å²) in [6, 6.07) is 5.01. The van der Waals surface area contributed by atoms with Gasteiger partial charge in [-0.05, 0) is 43.0 Å². The third-order valence-electron chi connectivity index (χ3n) is 2.64. The third kappa shape index (κ3) is 5.42. The van der Waals surface area contributed by atoms with Crippen LogP contribution >= 0.6 is 0 Å².